The van der Waals surface area contributed by atoms with Crippen molar-refractivity contribution in [3.8, 4) is 0 Å². The van der Waals surface area contributed by atoms with Gasteiger partial charge in [0.15, 0.2) is 11.6 Å². The van der Waals surface area contributed by atoms with Gasteiger partial charge in [-0.15, -0.1) is 0 Å². The summed E-state index contributed by atoms with van der Waals surface area (Å²) >= 11 is 0. The van der Waals surface area contributed by atoms with Crippen LogP contribution in [-0.2, 0) is 11.2 Å². The molecule has 7 heteroatoms. The van der Waals surface area contributed by atoms with Gasteiger partial charge in [0.25, 0.3) is 0 Å². The Morgan fingerprint density at radius 3 is 2.42 bits per heavy atom. The maximum absolute atomic E-state index is 12.9. The largest absolute Gasteiger partial charge is 0.411 e. The van der Waals surface area contributed by atoms with E-state index in [1.807, 2.05) is 0 Å². The van der Waals surface area contributed by atoms with Gasteiger partial charge in [-0.05, 0) is 30.5 Å². The van der Waals surface area contributed by atoms with Crippen LogP contribution in [0.15, 0.2) is 18.2 Å². The molecule has 0 aliphatic rings. The number of nitrogens with two attached hydrogens (primary N) is 1. The topological polar surface area (TPSA) is 35.2 Å². The van der Waals surface area contributed by atoms with Crippen molar-refractivity contribution >= 4 is 0 Å². The van der Waals surface area contributed by atoms with Crippen LogP contribution in [0.1, 0.15) is 12.0 Å². The average molecular weight is 283 g/mol. The monoisotopic (exact) mass is 283 g/mol. The summed E-state index contributed by atoms with van der Waals surface area (Å²) in [5.41, 5.74) is 6.15. The Morgan fingerprint density at radius 1 is 1.16 bits per heavy atom. The minimum absolute atomic E-state index is 0.135. The van der Waals surface area contributed by atoms with Crippen LogP contribution >= 0.6 is 0 Å². The van der Waals surface area contributed by atoms with Crippen molar-refractivity contribution in [1.82, 2.24) is 0 Å². The molecule has 108 valence electrons. The van der Waals surface area contributed by atoms with Crippen molar-refractivity contribution < 1.29 is 26.7 Å². The second kappa shape index (κ2) is 6.81. The Morgan fingerprint density at radius 2 is 1.84 bits per heavy atom. The van der Waals surface area contributed by atoms with E-state index in [0.717, 1.165) is 12.1 Å². The van der Waals surface area contributed by atoms with Crippen LogP contribution in [0.3, 0.4) is 0 Å². The normalized spacial score (nSPS) is 13.6. The molecular weight excluding hydrogens is 269 g/mol. The highest BCUT2D eigenvalue weighted by Crippen LogP contribution is 2.15. The molecule has 1 aromatic rings. The number of alkyl halides is 3. The third kappa shape index (κ3) is 6.49. The van der Waals surface area contributed by atoms with Crippen LogP contribution < -0.4 is 5.73 Å². The maximum atomic E-state index is 12.9. The quantitative estimate of drug-likeness (QED) is 0.643. The van der Waals surface area contributed by atoms with Gasteiger partial charge in [-0.3, -0.25) is 0 Å². The Labute approximate surface area is 107 Å². The zero-order valence-electron chi connectivity index (χ0n) is 10.0. The van der Waals surface area contributed by atoms with E-state index in [0.29, 0.717) is 5.56 Å². The molecule has 0 saturated carbocycles. The number of halogens is 5. The standard InChI is InChI=1S/C12H14F5NO/c13-10-2-1-8(6-11(10)14)5-9(18)3-4-19-7-12(15,16)17/h1-2,6,9H,3-5,7,18H2. The maximum Gasteiger partial charge on any atom is 0.411 e. The summed E-state index contributed by atoms with van der Waals surface area (Å²) in [7, 11) is 0. The summed E-state index contributed by atoms with van der Waals surface area (Å²) in [4.78, 5) is 0. The molecule has 0 aromatic heterocycles. The summed E-state index contributed by atoms with van der Waals surface area (Å²) in [6.45, 7) is -1.45. The molecule has 0 saturated heterocycles. The first kappa shape index (κ1) is 15.8. The first-order chi connectivity index (χ1) is 8.78. The van der Waals surface area contributed by atoms with E-state index in [9.17, 15) is 22.0 Å². The lowest BCUT2D eigenvalue weighted by atomic mass is 10.0. The number of hydrogen-bond acceptors (Lipinski definition) is 2. The van der Waals surface area contributed by atoms with E-state index in [4.69, 9.17) is 5.73 Å². The molecule has 0 heterocycles. The zero-order valence-corrected chi connectivity index (χ0v) is 10.0. The number of benzene rings is 1. The van der Waals surface area contributed by atoms with Crippen molar-refractivity contribution in [3.63, 3.8) is 0 Å². The van der Waals surface area contributed by atoms with Crippen LogP contribution in [0.25, 0.3) is 0 Å². The first-order valence-corrected chi connectivity index (χ1v) is 5.62. The van der Waals surface area contributed by atoms with Crippen molar-refractivity contribution in [3.05, 3.63) is 35.4 Å². The molecule has 0 radical (unpaired) electrons. The third-order valence-corrected chi connectivity index (χ3v) is 2.38. The van der Waals surface area contributed by atoms with Gasteiger partial charge < -0.3 is 10.5 Å². The fourth-order valence-corrected chi connectivity index (χ4v) is 1.49. The summed E-state index contributed by atoms with van der Waals surface area (Å²) in [5, 5.41) is 0. The van der Waals surface area contributed by atoms with Crippen LogP contribution in [0.5, 0.6) is 0 Å². The molecule has 1 unspecified atom stereocenters. The Hall–Kier alpha value is -1.21. The Bertz CT molecular complexity index is 408. The molecule has 0 aliphatic carbocycles. The zero-order chi connectivity index (χ0) is 14.5. The summed E-state index contributed by atoms with van der Waals surface area (Å²) in [6, 6.07) is 2.91. The van der Waals surface area contributed by atoms with Gasteiger partial charge in [0, 0.05) is 12.6 Å². The van der Waals surface area contributed by atoms with E-state index in [-0.39, 0.29) is 19.4 Å². The van der Waals surface area contributed by atoms with Crippen LogP contribution in [-0.4, -0.2) is 25.4 Å². The van der Waals surface area contributed by atoms with Gasteiger partial charge in [0.1, 0.15) is 6.61 Å². The molecule has 2 N–H and O–H groups in total. The Balaban J connectivity index is 2.31. The van der Waals surface area contributed by atoms with E-state index in [1.54, 1.807) is 0 Å². The lowest BCUT2D eigenvalue weighted by Gasteiger charge is -2.13. The summed E-state index contributed by atoms with van der Waals surface area (Å²) < 4.78 is 65.3. The third-order valence-electron chi connectivity index (χ3n) is 2.38. The molecule has 0 fully saturated rings. The molecule has 0 aliphatic heterocycles. The molecule has 0 bridgehead atoms. The second-order valence-corrected chi connectivity index (χ2v) is 4.17. The van der Waals surface area contributed by atoms with Crippen LogP contribution in [0.4, 0.5) is 22.0 Å². The SMILES string of the molecule is NC(CCOCC(F)(F)F)Cc1ccc(F)c(F)c1. The summed E-state index contributed by atoms with van der Waals surface area (Å²) in [5.74, 6) is -1.93. The van der Waals surface area contributed by atoms with E-state index >= 15 is 0 Å². The molecule has 0 amide bonds. The molecular formula is C12H14F5NO. The predicted octanol–water partition coefficient (Wildman–Crippen LogP) is 2.80. The lowest BCUT2D eigenvalue weighted by Crippen LogP contribution is -2.26. The fourth-order valence-electron chi connectivity index (χ4n) is 1.49. The predicted molar refractivity (Wildman–Crippen MR) is 59.5 cm³/mol. The Kier molecular flexibility index (Phi) is 5.68. The highest BCUT2D eigenvalue weighted by Gasteiger charge is 2.27. The average Bonchev–Trinajstić information content (AvgIpc) is 2.28. The molecule has 1 rings (SSSR count). The lowest BCUT2D eigenvalue weighted by molar-refractivity contribution is -0.174. The second-order valence-electron chi connectivity index (χ2n) is 4.17. The van der Waals surface area contributed by atoms with E-state index in [2.05, 4.69) is 4.74 Å². The molecule has 19 heavy (non-hydrogen) atoms. The van der Waals surface area contributed by atoms with Crippen molar-refractivity contribution in [2.24, 2.45) is 5.73 Å². The van der Waals surface area contributed by atoms with Gasteiger partial charge in [-0.25, -0.2) is 8.78 Å². The molecule has 1 aromatic carbocycles. The van der Waals surface area contributed by atoms with Gasteiger partial charge in [0.05, 0.1) is 0 Å². The van der Waals surface area contributed by atoms with Crippen molar-refractivity contribution in [2.75, 3.05) is 13.2 Å². The van der Waals surface area contributed by atoms with Crippen molar-refractivity contribution in [2.45, 2.75) is 25.1 Å². The first-order valence-electron chi connectivity index (χ1n) is 5.62. The van der Waals surface area contributed by atoms with Crippen LogP contribution in [0, 0.1) is 11.6 Å². The number of hydrogen-bond donors (Lipinski definition) is 1. The highest BCUT2D eigenvalue weighted by atomic mass is 19.4. The minimum atomic E-state index is -4.36. The number of rotatable bonds is 6. The van der Waals surface area contributed by atoms with Crippen molar-refractivity contribution in [1.29, 1.82) is 0 Å². The van der Waals surface area contributed by atoms with Crippen LogP contribution in [0.2, 0.25) is 0 Å². The smallest absolute Gasteiger partial charge is 0.372 e. The fraction of sp³-hybridized carbons (Fsp3) is 0.500. The van der Waals surface area contributed by atoms with Gasteiger partial charge >= 0.3 is 6.18 Å². The van der Waals surface area contributed by atoms with E-state index in [1.165, 1.54) is 6.07 Å². The number of ether oxygens (including phenoxy) is 1. The molecule has 1 atom stereocenters. The van der Waals surface area contributed by atoms with Gasteiger partial charge in [-0.2, -0.15) is 13.2 Å². The molecule has 0 spiro atoms. The van der Waals surface area contributed by atoms with Gasteiger partial charge in [-0.1, -0.05) is 6.07 Å². The molecule has 2 nitrogen and oxygen atoms in total. The van der Waals surface area contributed by atoms with Gasteiger partial charge in [0.2, 0.25) is 0 Å². The highest BCUT2D eigenvalue weighted by molar-refractivity contribution is 5.18. The van der Waals surface area contributed by atoms with E-state index < -0.39 is 30.5 Å². The minimum Gasteiger partial charge on any atom is -0.372 e. The summed E-state index contributed by atoms with van der Waals surface area (Å²) in [6.07, 6.45) is -3.91.